The molecule has 0 saturated carbocycles. The van der Waals surface area contributed by atoms with Crippen LogP contribution in [-0.4, -0.2) is 29.2 Å². The van der Waals surface area contributed by atoms with Crippen LogP contribution in [0, 0.1) is 11.7 Å². The fraction of sp³-hybridized carbons (Fsp3) is 0.636. The first kappa shape index (κ1) is 14.1. The average Bonchev–Trinajstić information content (AvgIpc) is 2.28. The number of nitrogens with zero attached hydrogens (tertiary/aromatic N) is 2. The van der Waals surface area contributed by atoms with Crippen molar-refractivity contribution in [2.24, 2.45) is 5.92 Å². The number of aromatic nitrogens is 2. The molecule has 0 spiro atoms. The minimum absolute atomic E-state index is 0.0181. The second-order valence-electron chi connectivity index (χ2n) is 3.99. The zero-order valence-electron chi connectivity index (χ0n) is 10.2. The lowest BCUT2D eigenvalue weighted by atomic mass is 10.1. The lowest BCUT2D eigenvalue weighted by Crippen LogP contribution is -2.31. The Morgan fingerprint density at radius 2 is 2.24 bits per heavy atom. The van der Waals surface area contributed by atoms with Crippen LogP contribution in [0.25, 0.3) is 0 Å². The quantitative estimate of drug-likeness (QED) is 0.800. The molecule has 1 aromatic rings. The van der Waals surface area contributed by atoms with Crippen molar-refractivity contribution >= 4 is 17.4 Å². The molecule has 1 atom stereocenters. The summed E-state index contributed by atoms with van der Waals surface area (Å²) in [4.78, 5) is 7.38. The van der Waals surface area contributed by atoms with Crippen molar-refractivity contribution in [3.05, 3.63) is 17.3 Å². The van der Waals surface area contributed by atoms with Crippen molar-refractivity contribution in [3.8, 4) is 0 Å². The molecular weight excluding hydrogens is 245 g/mol. The Bertz CT molecular complexity index is 363. The summed E-state index contributed by atoms with van der Waals surface area (Å²) in [5, 5.41) is 3.01. The van der Waals surface area contributed by atoms with Gasteiger partial charge in [-0.25, -0.2) is 9.37 Å². The summed E-state index contributed by atoms with van der Waals surface area (Å²) in [6.07, 6.45) is 1.05. The SMILES string of the molecule is CCOCC(Nc1nc(Cl)ncc1F)C(C)C. The van der Waals surface area contributed by atoms with Gasteiger partial charge in [0, 0.05) is 6.61 Å². The van der Waals surface area contributed by atoms with Crippen LogP contribution in [0.5, 0.6) is 0 Å². The van der Waals surface area contributed by atoms with E-state index in [0.29, 0.717) is 13.2 Å². The van der Waals surface area contributed by atoms with Crippen molar-refractivity contribution in [1.29, 1.82) is 0 Å². The predicted molar refractivity (Wildman–Crippen MR) is 65.7 cm³/mol. The van der Waals surface area contributed by atoms with E-state index in [9.17, 15) is 4.39 Å². The lowest BCUT2D eigenvalue weighted by molar-refractivity contribution is 0.126. The smallest absolute Gasteiger partial charge is 0.224 e. The number of hydrogen-bond donors (Lipinski definition) is 1. The van der Waals surface area contributed by atoms with E-state index in [0.717, 1.165) is 6.20 Å². The Hall–Kier alpha value is -0.940. The number of nitrogens with one attached hydrogen (secondary N) is 1. The van der Waals surface area contributed by atoms with Crippen molar-refractivity contribution in [3.63, 3.8) is 0 Å². The Balaban J connectivity index is 2.74. The van der Waals surface area contributed by atoms with Gasteiger partial charge in [0.1, 0.15) is 0 Å². The number of hydrogen-bond acceptors (Lipinski definition) is 4. The van der Waals surface area contributed by atoms with Gasteiger partial charge in [-0.05, 0) is 24.4 Å². The van der Waals surface area contributed by atoms with Crippen LogP contribution in [0.1, 0.15) is 20.8 Å². The van der Waals surface area contributed by atoms with Crippen LogP contribution < -0.4 is 5.32 Å². The molecule has 0 radical (unpaired) electrons. The molecular formula is C11H17ClFN3O. The van der Waals surface area contributed by atoms with Crippen LogP contribution in [0.3, 0.4) is 0 Å². The summed E-state index contributed by atoms with van der Waals surface area (Å²) in [6.45, 7) is 7.08. The molecule has 0 aliphatic heterocycles. The molecule has 1 heterocycles. The Labute approximate surface area is 106 Å². The third-order valence-electron chi connectivity index (χ3n) is 2.34. The highest BCUT2D eigenvalue weighted by molar-refractivity contribution is 6.28. The molecule has 0 fully saturated rings. The third-order valence-corrected chi connectivity index (χ3v) is 2.53. The van der Waals surface area contributed by atoms with Gasteiger partial charge >= 0.3 is 0 Å². The molecule has 0 bridgehead atoms. The van der Waals surface area contributed by atoms with Crippen LogP contribution in [0.15, 0.2) is 6.20 Å². The highest BCUT2D eigenvalue weighted by atomic mass is 35.5. The van der Waals surface area contributed by atoms with Crippen LogP contribution in [0.4, 0.5) is 10.2 Å². The summed E-state index contributed by atoms with van der Waals surface area (Å²) < 4.78 is 18.8. The van der Waals surface area contributed by atoms with Gasteiger partial charge in [-0.2, -0.15) is 4.98 Å². The first-order valence-electron chi connectivity index (χ1n) is 5.57. The number of ether oxygens (including phenoxy) is 1. The maximum atomic E-state index is 13.4. The molecule has 1 unspecified atom stereocenters. The van der Waals surface area contributed by atoms with Gasteiger partial charge in [-0.3, -0.25) is 0 Å². The van der Waals surface area contributed by atoms with E-state index in [1.165, 1.54) is 0 Å². The molecule has 0 amide bonds. The van der Waals surface area contributed by atoms with E-state index >= 15 is 0 Å². The van der Waals surface area contributed by atoms with Crippen LogP contribution >= 0.6 is 11.6 Å². The molecule has 0 aliphatic rings. The van der Waals surface area contributed by atoms with E-state index in [-0.39, 0.29) is 23.1 Å². The van der Waals surface area contributed by atoms with Crippen LogP contribution in [0.2, 0.25) is 5.28 Å². The Morgan fingerprint density at radius 1 is 1.53 bits per heavy atom. The average molecular weight is 262 g/mol. The zero-order chi connectivity index (χ0) is 12.8. The zero-order valence-corrected chi connectivity index (χ0v) is 11.0. The predicted octanol–water partition coefficient (Wildman–Crippen LogP) is 2.74. The summed E-state index contributed by atoms with van der Waals surface area (Å²) >= 11 is 5.62. The van der Waals surface area contributed by atoms with Crippen molar-refractivity contribution in [1.82, 2.24) is 9.97 Å². The van der Waals surface area contributed by atoms with Crippen molar-refractivity contribution in [2.45, 2.75) is 26.8 Å². The van der Waals surface area contributed by atoms with Crippen molar-refractivity contribution < 1.29 is 9.13 Å². The van der Waals surface area contributed by atoms with Crippen LogP contribution in [-0.2, 0) is 4.74 Å². The van der Waals surface area contributed by atoms with Gasteiger partial charge < -0.3 is 10.1 Å². The van der Waals surface area contributed by atoms with E-state index < -0.39 is 5.82 Å². The highest BCUT2D eigenvalue weighted by Crippen LogP contribution is 2.16. The van der Waals surface area contributed by atoms with Crippen molar-refractivity contribution in [2.75, 3.05) is 18.5 Å². The lowest BCUT2D eigenvalue weighted by Gasteiger charge is -2.22. The summed E-state index contributed by atoms with van der Waals surface area (Å²) in [6, 6.07) is -0.0181. The van der Waals surface area contributed by atoms with Gasteiger partial charge in [0.2, 0.25) is 5.28 Å². The van der Waals surface area contributed by atoms with Gasteiger partial charge in [0.25, 0.3) is 0 Å². The number of anilines is 1. The first-order valence-corrected chi connectivity index (χ1v) is 5.94. The van der Waals surface area contributed by atoms with E-state index in [1.54, 1.807) is 0 Å². The second-order valence-corrected chi connectivity index (χ2v) is 4.33. The second kappa shape index (κ2) is 6.71. The third kappa shape index (κ3) is 4.44. The molecule has 0 saturated heterocycles. The Morgan fingerprint density at radius 3 is 2.82 bits per heavy atom. The van der Waals surface area contributed by atoms with E-state index in [2.05, 4.69) is 15.3 Å². The molecule has 0 aromatic carbocycles. The minimum Gasteiger partial charge on any atom is -0.380 e. The standard InChI is InChI=1S/C11H17ClFN3O/c1-4-17-6-9(7(2)3)15-10-8(13)5-14-11(12)16-10/h5,7,9H,4,6H2,1-3H3,(H,14,15,16). The van der Waals surface area contributed by atoms with E-state index in [4.69, 9.17) is 16.3 Å². The number of rotatable bonds is 6. The van der Waals surface area contributed by atoms with Gasteiger partial charge in [0.15, 0.2) is 11.6 Å². The summed E-state index contributed by atoms with van der Waals surface area (Å²) in [7, 11) is 0. The molecule has 6 heteroatoms. The maximum Gasteiger partial charge on any atom is 0.224 e. The molecule has 1 N–H and O–H groups in total. The molecule has 0 aliphatic carbocycles. The molecule has 4 nitrogen and oxygen atoms in total. The number of halogens is 2. The normalized spacial score (nSPS) is 12.8. The molecule has 1 aromatic heterocycles. The Kier molecular flexibility index (Phi) is 5.58. The topological polar surface area (TPSA) is 47.0 Å². The first-order chi connectivity index (χ1) is 8.04. The minimum atomic E-state index is -0.517. The molecule has 17 heavy (non-hydrogen) atoms. The highest BCUT2D eigenvalue weighted by Gasteiger charge is 2.16. The monoisotopic (exact) mass is 261 g/mol. The summed E-state index contributed by atoms with van der Waals surface area (Å²) in [5.74, 6) is -0.116. The largest absolute Gasteiger partial charge is 0.380 e. The fourth-order valence-electron chi connectivity index (χ4n) is 1.27. The molecule has 1 rings (SSSR count). The fourth-order valence-corrected chi connectivity index (χ4v) is 1.40. The summed E-state index contributed by atoms with van der Waals surface area (Å²) in [5.41, 5.74) is 0. The van der Waals surface area contributed by atoms with Gasteiger partial charge in [-0.15, -0.1) is 0 Å². The van der Waals surface area contributed by atoms with Gasteiger partial charge in [0.05, 0.1) is 18.8 Å². The van der Waals surface area contributed by atoms with Gasteiger partial charge in [-0.1, -0.05) is 13.8 Å². The maximum absolute atomic E-state index is 13.4. The molecule has 96 valence electrons. The van der Waals surface area contributed by atoms with E-state index in [1.807, 2.05) is 20.8 Å².